The molecule has 142 valence electrons. The summed E-state index contributed by atoms with van der Waals surface area (Å²) in [5.41, 5.74) is 3.06. The van der Waals surface area contributed by atoms with Crippen LogP contribution >= 0.6 is 0 Å². The maximum absolute atomic E-state index is 13.0. The largest absolute Gasteiger partial charge is 0.387 e. The van der Waals surface area contributed by atoms with Gasteiger partial charge in [0.25, 0.3) is 5.91 Å². The molecule has 1 saturated heterocycles. The number of aliphatic hydroxyl groups excluding tert-OH is 1. The van der Waals surface area contributed by atoms with Crippen molar-refractivity contribution in [3.8, 4) is 0 Å². The number of likely N-dealkylation sites (N-methyl/N-ethyl adjacent to an activating group) is 1. The summed E-state index contributed by atoms with van der Waals surface area (Å²) in [6.07, 6.45) is 0.968. The Morgan fingerprint density at radius 2 is 1.93 bits per heavy atom. The molecule has 1 N–H and O–H groups in total. The van der Waals surface area contributed by atoms with Crippen LogP contribution in [-0.2, 0) is 6.54 Å². The van der Waals surface area contributed by atoms with Gasteiger partial charge in [-0.3, -0.25) is 4.79 Å². The Morgan fingerprint density at radius 1 is 1.19 bits per heavy atom. The zero-order valence-corrected chi connectivity index (χ0v) is 15.8. The van der Waals surface area contributed by atoms with Crippen molar-refractivity contribution in [3.63, 3.8) is 0 Å². The predicted octanol–water partition coefficient (Wildman–Crippen LogP) is 1.23. The molecule has 2 aromatic rings. The monoisotopic (exact) mass is 367 g/mol. The predicted molar refractivity (Wildman–Crippen MR) is 103 cm³/mol. The van der Waals surface area contributed by atoms with Crippen LogP contribution in [0.4, 0.5) is 5.95 Å². The van der Waals surface area contributed by atoms with E-state index < -0.39 is 6.10 Å². The third-order valence-electron chi connectivity index (χ3n) is 5.44. The standard InChI is InChI=1S/C20H25N5O2/c1-14-17(11-21-20(22-14)24-9-7-23(2)8-10-24)19(27)25-12-15-5-3-4-6-16(15)18(26)13-25/h3-6,11,18,26H,7-10,12-13H2,1-2H3. The molecular weight excluding hydrogens is 342 g/mol. The van der Waals surface area contributed by atoms with Gasteiger partial charge in [0.15, 0.2) is 0 Å². The van der Waals surface area contributed by atoms with Crippen molar-refractivity contribution >= 4 is 11.9 Å². The Morgan fingerprint density at radius 3 is 2.67 bits per heavy atom. The summed E-state index contributed by atoms with van der Waals surface area (Å²) in [5, 5.41) is 10.4. The van der Waals surface area contributed by atoms with Gasteiger partial charge >= 0.3 is 0 Å². The number of anilines is 1. The number of aromatic nitrogens is 2. The molecule has 1 fully saturated rings. The van der Waals surface area contributed by atoms with E-state index in [1.54, 1.807) is 11.1 Å². The third kappa shape index (κ3) is 3.52. The molecule has 0 saturated carbocycles. The van der Waals surface area contributed by atoms with Crippen LogP contribution < -0.4 is 4.90 Å². The summed E-state index contributed by atoms with van der Waals surface area (Å²) in [6.45, 7) is 6.36. The minimum atomic E-state index is -0.662. The molecule has 1 unspecified atom stereocenters. The molecule has 7 nitrogen and oxygen atoms in total. The number of benzene rings is 1. The normalized spacial score (nSPS) is 20.5. The molecule has 0 aliphatic carbocycles. The van der Waals surface area contributed by atoms with Gasteiger partial charge in [-0.05, 0) is 25.1 Å². The fraction of sp³-hybridized carbons (Fsp3) is 0.450. The van der Waals surface area contributed by atoms with Crippen molar-refractivity contribution in [2.75, 3.05) is 44.7 Å². The number of piperazine rings is 1. The molecule has 3 heterocycles. The SMILES string of the molecule is Cc1nc(N2CCN(C)CC2)ncc1C(=O)N1Cc2ccccc2C(O)C1. The number of amides is 1. The number of carbonyl (C=O) groups excluding carboxylic acids is 1. The van der Waals surface area contributed by atoms with Crippen molar-refractivity contribution in [2.24, 2.45) is 0 Å². The molecule has 1 atom stereocenters. The van der Waals surface area contributed by atoms with E-state index in [-0.39, 0.29) is 12.5 Å². The van der Waals surface area contributed by atoms with E-state index in [0.717, 1.165) is 37.3 Å². The highest BCUT2D eigenvalue weighted by Gasteiger charge is 2.28. The minimum absolute atomic E-state index is 0.133. The van der Waals surface area contributed by atoms with Crippen molar-refractivity contribution in [1.82, 2.24) is 19.8 Å². The van der Waals surface area contributed by atoms with E-state index in [1.807, 2.05) is 31.2 Å². The van der Waals surface area contributed by atoms with E-state index in [2.05, 4.69) is 26.8 Å². The van der Waals surface area contributed by atoms with Crippen LogP contribution in [0.5, 0.6) is 0 Å². The van der Waals surface area contributed by atoms with Crippen molar-refractivity contribution < 1.29 is 9.90 Å². The summed E-state index contributed by atoms with van der Waals surface area (Å²) in [5.74, 6) is 0.548. The van der Waals surface area contributed by atoms with Crippen LogP contribution in [0.2, 0.25) is 0 Å². The first-order chi connectivity index (χ1) is 13.0. The molecule has 0 bridgehead atoms. The average molecular weight is 367 g/mol. The Bertz CT molecular complexity index is 848. The maximum atomic E-state index is 13.0. The molecule has 1 aromatic heterocycles. The van der Waals surface area contributed by atoms with Gasteiger partial charge in [-0.25, -0.2) is 9.97 Å². The summed E-state index contributed by atoms with van der Waals surface area (Å²) in [6, 6.07) is 7.71. The molecule has 4 rings (SSSR count). The van der Waals surface area contributed by atoms with Crippen molar-refractivity contribution in [2.45, 2.75) is 19.6 Å². The molecule has 27 heavy (non-hydrogen) atoms. The Hall–Kier alpha value is -2.51. The highest BCUT2D eigenvalue weighted by atomic mass is 16.3. The summed E-state index contributed by atoms with van der Waals surface area (Å²) < 4.78 is 0. The van der Waals surface area contributed by atoms with E-state index in [4.69, 9.17) is 0 Å². The number of hydrogen-bond donors (Lipinski definition) is 1. The Kier molecular flexibility index (Phi) is 4.80. The molecule has 0 radical (unpaired) electrons. The second kappa shape index (κ2) is 7.25. The molecule has 0 spiro atoms. The number of carbonyl (C=O) groups is 1. The summed E-state index contributed by atoms with van der Waals surface area (Å²) in [7, 11) is 2.11. The Labute approximate surface area is 159 Å². The minimum Gasteiger partial charge on any atom is -0.387 e. The molecule has 7 heteroatoms. The number of aryl methyl sites for hydroxylation is 1. The second-order valence-electron chi connectivity index (χ2n) is 7.36. The van der Waals surface area contributed by atoms with Gasteiger partial charge in [0.05, 0.1) is 23.9 Å². The van der Waals surface area contributed by atoms with Crippen LogP contribution in [0.3, 0.4) is 0 Å². The highest BCUT2D eigenvalue weighted by Crippen LogP contribution is 2.27. The number of hydrogen-bond acceptors (Lipinski definition) is 6. The average Bonchev–Trinajstić information content (AvgIpc) is 2.68. The number of β-amino-alcohol motifs (C(OH)–C–C–N with tert-alkyl or cyclic N) is 1. The van der Waals surface area contributed by atoms with E-state index in [0.29, 0.717) is 23.8 Å². The lowest BCUT2D eigenvalue weighted by atomic mass is 9.97. The zero-order valence-electron chi connectivity index (χ0n) is 15.8. The van der Waals surface area contributed by atoms with Gasteiger partial charge in [-0.2, -0.15) is 0 Å². The van der Waals surface area contributed by atoms with Crippen LogP contribution in [-0.4, -0.2) is 70.6 Å². The van der Waals surface area contributed by atoms with Crippen LogP contribution in [0.15, 0.2) is 30.5 Å². The number of nitrogens with zero attached hydrogens (tertiary/aromatic N) is 5. The lowest BCUT2D eigenvalue weighted by Gasteiger charge is -2.33. The van der Waals surface area contributed by atoms with Gasteiger partial charge in [0, 0.05) is 38.9 Å². The van der Waals surface area contributed by atoms with Crippen LogP contribution in [0.25, 0.3) is 0 Å². The smallest absolute Gasteiger partial charge is 0.257 e. The summed E-state index contributed by atoms with van der Waals surface area (Å²) in [4.78, 5) is 28.2. The topological polar surface area (TPSA) is 72.8 Å². The van der Waals surface area contributed by atoms with Gasteiger partial charge in [0.2, 0.25) is 5.95 Å². The first-order valence-electron chi connectivity index (χ1n) is 9.35. The fourth-order valence-corrected chi connectivity index (χ4v) is 3.73. The zero-order chi connectivity index (χ0) is 19.0. The lowest BCUT2D eigenvalue weighted by molar-refractivity contribution is 0.0548. The molecule has 1 aromatic carbocycles. The summed E-state index contributed by atoms with van der Waals surface area (Å²) >= 11 is 0. The van der Waals surface area contributed by atoms with E-state index in [9.17, 15) is 9.90 Å². The van der Waals surface area contributed by atoms with Crippen LogP contribution in [0.1, 0.15) is 33.3 Å². The molecular formula is C20H25N5O2. The first kappa shape index (κ1) is 17.9. The maximum Gasteiger partial charge on any atom is 0.257 e. The van der Waals surface area contributed by atoms with Gasteiger partial charge in [0.1, 0.15) is 0 Å². The van der Waals surface area contributed by atoms with Crippen molar-refractivity contribution in [3.05, 3.63) is 52.8 Å². The fourth-order valence-electron chi connectivity index (χ4n) is 3.73. The van der Waals surface area contributed by atoms with E-state index >= 15 is 0 Å². The first-order valence-corrected chi connectivity index (χ1v) is 9.35. The molecule has 2 aliphatic heterocycles. The number of fused-ring (bicyclic) bond motifs is 1. The van der Waals surface area contributed by atoms with E-state index in [1.165, 1.54) is 0 Å². The lowest BCUT2D eigenvalue weighted by Crippen LogP contribution is -2.45. The number of rotatable bonds is 2. The molecule has 2 aliphatic rings. The second-order valence-corrected chi connectivity index (χ2v) is 7.36. The third-order valence-corrected chi connectivity index (χ3v) is 5.44. The quantitative estimate of drug-likeness (QED) is 0.861. The van der Waals surface area contributed by atoms with Crippen molar-refractivity contribution in [1.29, 1.82) is 0 Å². The van der Waals surface area contributed by atoms with Gasteiger partial charge in [-0.1, -0.05) is 24.3 Å². The highest BCUT2D eigenvalue weighted by molar-refractivity contribution is 5.95. The molecule has 1 amide bonds. The van der Waals surface area contributed by atoms with Gasteiger partial charge < -0.3 is 19.8 Å². The Balaban J connectivity index is 1.53. The number of aliphatic hydroxyl groups is 1. The van der Waals surface area contributed by atoms with Crippen LogP contribution in [0, 0.1) is 6.92 Å². The van der Waals surface area contributed by atoms with Gasteiger partial charge in [-0.15, -0.1) is 0 Å².